The van der Waals surface area contributed by atoms with Gasteiger partial charge in [-0.3, -0.25) is 9.48 Å². The fourth-order valence-electron chi connectivity index (χ4n) is 2.77. The first-order chi connectivity index (χ1) is 11.3. The molecule has 24 heavy (non-hydrogen) atoms. The van der Waals surface area contributed by atoms with E-state index in [1.807, 2.05) is 0 Å². The number of halogens is 1. The summed E-state index contributed by atoms with van der Waals surface area (Å²) >= 11 is 0. The summed E-state index contributed by atoms with van der Waals surface area (Å²) in [6.07, 6.45) is 0. The summed E-state index contributed by atoms with van der Waals surface area (Å²) < 4.78 is 20.8. The Morgan fingerprint density at radius 1 is 1.33 bits per heavy atom. The molecule has 0 fully saturated rings. The number of aryl methyl sites for hydroxylation is 3. The predicted octanol–water partition coefficient (Wildman–Crippen LogP) is 2.30. The van der Waals surface area contributed by atoms with E-state index in [9.17, 15) is 14.3 Å². The number of hydrogen-bond acceptors (Lipinski definition) is 5. The average Bonchev–Trinajstić information content (AvgIpc) is 2.98. The third-order valence-electron chi connectivity index (χ3n) is 3.77. The molecule has 8 heteroatoms. The molecular weight excluding hydrogens is 315 g/mol. The lowest BCUT2D eigenvalue weighted by atomic mass is 9.97. The molecule has 3 rings (SSSR count). The molecular formula is C16H15FN4O3. The maximum absolute atomic E-state index is 14.3. The highest BCUT2D eigenvalue weighted by atomic mass is 19.1. The molecule has 1 aromatic carbocycles. The van der Waals surface area contributed by atoms with Crippen molar-refractivity contribution in [2.75, 3.05) is 0 Å². The Bertz CT molecular complexity index is 939. The molecule has 3 N–H and O–H groups in total. The Kier molecular flexibility index (Phi) is 3.59. The highest BCUT2D eigenvalue weighted by Gasteiger charge is 2.28. The van der Waals surface area contributed by atoms with E-state index < -0.39 is 11.7 Å². The zero-order valence-electron chi connectivity index (χ0n) is 13.3. The van der Waals surface area contributed by atoms with E-state index in [2.05, 4.69) is 10.3 Å². The van der Waals surface area contributed by atoms with Gasteiger partial charge in [0.15, 0.2) is 0 Å². The topological polar surface area (TPSA) is 107 Å². The van der Waals surface area contributed by atoms with Crippen LogP contribution in [0, 0.1) is 19.7 Å². The molecule has 0 atom stereocenters. The number of nitrogens with zero attached hydrogens (tertiary/aromatic N) is 3. The zero-order valence-corrected chi connectivity index (χ0v) is 13.3. The van der Waals surface area contributed by atoms with Gasteiger partial charge in [-0.05, 0) is 26.0 Å². The van der Waals surface area contributed by atoms with Crippen LogP contribution < -0.4 is 5.73 Å². The number of carbonyl (C=O) groups excluding carboxylic acids is 1. The lowest BCUT2D eigenvalue weighted by Crippen LogP contribution is -2.17. The molecule has 0 spiro atoms. The van der Waals surface area contributed by atoms with Crippen molar-refractivity contribution >= 4 is 5.91 Å². The van der Waals surface area contributed by atoms with Gasteiger partial charge in [0.05, 0.1) is 11.3 Å². The number of amides is 1. The van der Waals surface area contributed by atoms with E-state index in [1.54, 1.807) is 20.9 Å². The number of phenolic OH excluding ortho intramolecular Hbond substituents is 1. The number of phenols is 1. The van der Waals surface area contributed by atoms with Crippen molar-refractivity contribution in [3.05, 3.63) is 41.2 Å². The van der Waals surface area contributed by atoms with Crippen LogP contribution in [0.1, 0.15) is 21.9 Å². The summed E-state index contributed by atoms with van der Waals surface area (Å²) in [5.74, 6) is -1.12. The second-order valence-corrected chi connectivity index (χ2v) is 5.42. The number of nitrogens with two attached hydrogens (primary N) is 1. The molecule has 0 saturated carbocycles. The molecule has 0 unspecified atom stereocenters. The summed E-state index contributed by atoms with van der Waals surface area (Å²) in [5, 5.41) is 17.5. The van der Waals surface area contributed by atoms with Crippen molar-refractivity contribution in [3.8, 4) is 28.1 Å². The predicted molar refractivity (Wildman–Crippen MR) is 83.8 cm³/mol. The second kappa shape index (κ2) is 5.48. The van der Waals surface area contributed by atoms with Crippen molar-refractivity contribution in [2.24, 2.45) is 12.8 Å². The van der Waals surface area contributed by atoms with E-state index >= 15 is 0 Å². The van der Waals surface area contributed by atoms with E-state index in [0.29, 0.717) is 22.6 Å². The third-order valence-corrected chi connectivity index (χ3v) is 3.77. The second-order valence-electron chi connectivity index (χ2n) is 5.42. The van der Waals surface area contributed by atoms with E-state index in [1.165, 1.54) is 16.8 Å². The number of benzene rings is 1. The smallest absolute Gasteiger partial charge is 0.267 e. The van der Waals surface area contributed by atoms with Gasteiger partial charge in [-0.15, -0.1) is 0 Å². The molecule has 7 nitrogen and oxygen atoms in total. The fourth-order valence-corrected chi connectivity index (χ4v) is 2.77. The highest BCUT2D eigenvalue weighted by Crippen LogP contribution is 2.39. The van der Waals surface area contributed by atoms with Crippen LogP contribution in [0.4, 0.5) is 4.39 Å². The monoisotopic (exact) mass is 330 g/mol. The maximum Gasteiger partial charge on any atom is 0.267 e. The number of carbonyl (C=O) groups is 1. The molecule has 0 saturated heterocycles. The number of primary amides is 1. The Hall–Kier alpha value is -3.16. The highest BCUT2D eigenvalue weighted by molar-refractivity contribution is 6.02. The van der Waals surface area contributed by atoms with Gasteiger partial charge in [-0.2, -0.15) is 5.10 Å². The van der Waals surface area contributed by atoms with Crippen molar-refractivity contribution in [2.45, 2.75) is 13.8 Å². The normalized spacial score (nSPS) is 11.0. The molecule has 0 aliphatic heterocycles. The number of aromatic nitrogens is 3. The van der Waals surface area contributed by atoms with Crippen LogP contribution in [0.15, 0.2) is 22.7 Å². The first-order valence-electron chi connectivity index (χ1n) is 7.10. The lowest BCUT2D eigenvalue weighted by Gasteiger charge is -2.06. The maximum atomic E-state index is 14.3. The lowest BCUT2D eigenvalue weighted by molar-refractivity contribution is 0.0992. The van der Waals surface area contributed by atoms with Crippen LogP contribution in [-0.2, 0) is 7.05 Å². The Morgan fingerprint density at radius 2 is 2.04 bits per heavy atom. The van der Waals surface area contributed by atoms with Gasteiger partial charge in [0.1, 0.15) is 28.7 Å². The first kappa shape index (κ1) is 15.7. The number of aromatic hydroxyl groups is 1. The Labute approximate surface area is 136 Å². The minimum absolute atomic E-state index is 0.117. The molecule has 124 valence electrons. The molecule has 1 amide bonds. The van der Waals surface area contributed by atoms with Gasteiger partial charge in [0.25, 0.3) is 5.91 Å². The minimum Gasteiger partial charge on any atom is -0.508 e. The fraction of sp³-hybridized carbons (Fsp3) is 0.188. The number of rotatable bonds is 3. The SMILES string of the molecule is Cc1noc(C)c1-c1c(-c2ccc(O)cc2F)nn(C)c1C(N)=O. The molecule has 0 radical (unpaired) electrons. The van der Waals surface area contributed by atoms with Crippen molar-refractivity contribution < 1.29 is 18.8 Å². The van der Waals surface area contributed by atoms with Crippen LogP contribution in [-0.4, -0.2) is 26.0 Å². The summed E-state index contributed by atoms with van der Waals surface area (Å²) in [7, 11) is 1.55. The van der Waals surface area contributed by atoms with Crippen LogP contribution >= 0.6 is 0 Å². The number of hydrogen-bond donors (Lipinski definition) is 2. The van der Waals surface area contributed by atoms with Crippen molar-refractivity contribution in [1.82, 2.24) is 14.9 Å². The molecule has 3 aromatic rings. The van der Waals surface area contributed by atoms with E-state index in [0.717, 1.165) is 6.07 Å². The minimum atomic E-state index is -0.703. The molecule has 0 aliphatic carbocycles. The van der Waals surface area contributed by atoms with E-state index in [-0.39, 0.29) is 22.7 Å². The van der Waals surface area contributed by atoms with Gasteiger partial charge >= 0.3 is 0 Å². The quantitative estimate of drug-likeness (QED) is 0.766. The first-order valence-corrected chi connectivity index (χ1v) is 7.10. The summed E-state index contributed by atoms with van der Waals surface area (Å²) in [4.78, 5) is 11.9. The zero-order chi connectivity index (χ0) is 17.6. The van der Waals surface area contributed by atoms with Gasteiger partial charge in [0, 0.05) is 24.2 Å². The van der Waals surface area contributed by atoms with Crippen LogP contribution in [0.25, 0.3) is 22.4 Å². The van der Waals surface area contributed by atoms with Crippen molar-refractivity contribution in [3.63, 3.8) is 0 Å². The van der Waals surface area contributed by atoms with Crippen LogP contribution in [0.5, 0.6) is 5.75 Å². The van der Waals surface area contributed by atoms with Crippen LogP contribution in [0.3, 0.4) is 0 Å². The van der Waals surface area contributed by atoms with Gasteiger partial charge < -0.3 is 15.4 Å². The summed E-state index contributed by atoms with van der Waals surface area (Å²) in [6, 6.07) is 3.71. The van der Waals surface area contributed by atoms with Gasteiger partial charge in [-0.1, -0.05) is 5.16 Å². The molecule has 2 heterocycles. The summed E-state index contributed by atoms with van der Waals surface area (Å²) in [5.41, 5.74) is 7.38. The van der Waals surface area contributed by atoms with Gasteiger partial charge in [0.2, 0.25) is 0 Å². The van der Waals surface area contributed by atoms with Crippen LogP contribution in [0.2, 0.25) is 0 Å². The largest absolute Gasteiger partial charge is 0.508 e. The molecule has 0 bridgehead atoms. The Balaban J connectivity index is 2.40. The molecule has 0 aliphatic rings. The Morgan fingerprint density at radius 3 is 2.58 bits per heavy atom. The average molecular weight is 330 g/mol. The van der Waals surface area contributed by atoms with Crippen molar-refractivity contribution in [1.29, 1.82) is 0 Å². The standard InChI is InChI=1S/C16H15FN4O3/c1-7-12(8(2)24-20-7)13-14(19-21(3)15(13)16(18)23)10-5-4-9(22)6-11(10)17/h4-6,22H,1-3H3,(H2,18,23). The van der Waals surface area contributed by atoms with Gasteiger partial charge in [-0.25, -0.2) is 4.39 Å². The molecule has 2 aromatic heterocycles. The summed E-state index contributed by atoms with van der Waals surface area (Å²) in [6.45, 7) is 3.39. The third kappa shape index (κ3) is 2.32. The van der Waals surface area contributed by atoms with E-state index in [4.69, 9.17) is 10.3 Å².